The molecule has 3 rings (SSSR count). The molecule has 2 unspecified atom stereocenters. The van der Waals surface area contributed by atoms with E-state index in [1.807, 2.05) is 0 Å². The van der Waals surface area contributed by atoms with E-state index in [-0.39, 0.29) is 24.7 Å². The standard InChI is InChI=1S/C44H60N8O14S2/c1-23(2)33-41(59)63-19-29(49-43(61)65-17-27-13-9-7-10-14-27)37(55)45-26(6)36(54)48-32(22-68)40(58)52-34(24(3)4)42(60)64-20-30(50-44(62)66-18-28-15-11-8-12-16-28)38(56)46-25(5)35(53)47-31(21-67)39(57)51-33/h7-16,23-26,29-34,67-68H,17-22H2,1-6H3,(H,45,55)(H,46,56)(H,47,53)(H,48,54)(H,49,61)(H,50,62)(H,51,57)(H,52,58)/t25-,26-,29+,30+,31-,32-,33?,34?/m0/s1. The van der Waals surface area contributed by atoms with E-state index >= 15 is 0 Å². The summed E-state index contributed by atoms with van der Waals surface area (Å²) in [6, 6.07) is 5.49. The molecule has 0 radical (unpaired) electrons. The lowest BCUT2D eigenvalue weighted by Crippen LogP contribution is -2.60. The molecular weight excluding hydrogens is 929 g/mol. The van der Waals surface area contributed by atoms with E-state index in [2.05, 4.69) is 67.8 Å². The van der Waals surface area contributed by atoms with Gasteiger partial charge in [0.05, 0.1) is 0 Å². The van der Waals surface area contributed by atoms with Crippen molar-refractivity contribution in [2.45, 2.75) is 103 Å². The fourth-order valence-electron chi connectivity index (χ4n) is 5.93. The molecule has 24 heteroatoms. The van der Waals surface area contributed by atoms with Crippen molar-refractivity contribution in [3.8, 4) is 0 Å². The Morgan fingerprint density at radius 1 is 0.544 bits per heavy atom. The molecule has 1 fully saturated rings. The van der Waals surface area contributed by atoms with Crippen LogP contribution in [0.15, 0.2) is 60.7 Å². The summed E-state index contributed by atoms with van der Waals surface area (Å²) in [5.74, 6) is -9.59. The summed E-state index contributed by atoms with van der Waals surface area (Å²) in [7, 11) is 0. The van der Waals surface area contributed by atoms with Gasteiger partial charge in [-0.25, -0.2) is 19.2 Å². The van der Waals surface area contributed by atoms with E-state index in [1.165, 1.54) is 13.8 Å². The number of alkyl carbamates (subject to hydrolysis) is 2. The molecule has 1 heterocycles. The predicted molar refractivity (Wildman–Crippen MR) is 249 cm³/mol. The third kappa shape index (κ3) is 18.3. The Hall–Kier alpha value is -6.56. The minimum Gasteiger partial charge on any atom is -0.461 e. The van der Waals surface area contributed by atoms with Crippen molar-refractivity contribution in [1.29, 1.82) is 0 Å². The molecule has 0 bridgehead atoms. The summed E-state index contributed by atoms with van der Waals surface area (Å²) in [6.45, 7) is 6.78. The second-order valence-electron chi connectivity index (χ2n) is 16.2. The van der Waals surface area contributed by atoms with Crippen LogP contribution >= 0.6 is 25.3 Å². The van der Waals surface area contributed by atoms with Crippen LogP contribution in [0.2, 0.25) is 0 Å². The van der Waals surface area contributed by atoms with Crippen LogP contribution in [-0.4, -0.2) is 133 Å². The number of hydrogen-bond acceptors (Lipinski definition) is 16. The Bertz CT molecular complexity index is 1940. The van der Waals surface area contributed by atoms with Gasteiger partial charge in [0, 0.05) is 11.5 Å². The maximum atomic E-state index is 13.6. The zero-order valence-electron chi connectivity index (χ0n) is 38.4. The molecular formula is C44H60N8O14S2. The molecule has 1 aliphatic heterocycles. The van der Waals surface area contributed by atoms with Gasteiger partial charge in [0.25, 0.3) is 0 Å². The first kappa shape index (κ1) is 55.8. The number of cyclic esters (lactones) is 2. The number of carbonyl (C=O) groups is 10. The average molecular weight is 989 g/mol. The Labute approximate surface area is 404 Å². The van der Waals surface area contributed by atoms with Crippen molar-refractivity contribution in [1.82, 2.24) is 42.5 Å². The first-order valence-electron chi connectivity index (χ1n) is 21.6. The van der Waals surface area contributed by atoms with Crippen LogP contribution in [0.4, 0.5) is 9.59 Å². The van der Waals surface area contributed by atoms with Gasteiger partial charge in [-0.15, -0.1) is 0 Å². The molecule has 22 nitrogen and oxygen atoms in total. The van der Waals surface area contributed by atoms with Crippen LogP contribution in [-0.2, 0) is 70.5 Å². The smallest absolute Gasteiger partial charge is 0.408 e. The van der Waals surface area contributed by atoms with Gasteiger partial charge in [0.1, 0.15) is 74.8 Å². The van der Waals surface area contributed by atoms with Gasteiger partial charge >= 0.3 is 24.1 Å². The number of nitrogens with one attached hydrogen (secondary N) is 8. The largest absolute Gasteiger partial charge is 0.461 e. The fourth-order valence-corrected chi connectivity index (χ4v) is 6.45. The van der Waals surface area contributed by atoms with Gasteiger partial charge in [-0.2, -0.15) is 25.3 Å². The molecule has 1 saturated heterocycles. The van der Waals surface area contributed by atoms with Gasteiger partial charge in [0.15, 0.2) is 0 Å². The first-order chi connectivity index (χ1) is 32.2. The molecule has 68 heavy (non-hydrogen) atoms. The maximum absolute atomic E-state index is 13.6. The first-order valence-corrected chi connectivity index (χ1v) is 22.8. The number of hydrogen-bond donors (Lipinski definition) is 10. The van der Waals surface area contributed by atoms with Gasteiger partial charge < -0.3 is 61.5 Å². The maximum Gasteiger partial charge on any atom is 0.408 e. The lowest BCUT2D eigenvalue weighted by atomic mass is 10.0. The third-order valence-corrected chi connectivity index (χ3v) is 10.7. The second kappa shape index (κ2) is 27.9. The number of benzene rings is 2. The van der Waals surface area contributed by atoms with E-state index < -0.39 is 133 Å². The lowest BCUT2D eigenvalue weighted by Gasteiger charge is -2.27. The molecule has 372 valence electrons. The van der Waals surface area contributed by atoms with Crippen LogP contribution in [0, 0.1) is 11.8 Å². The number of carbonyl (C=O) groups excluding carboxylic acids is 10. The highest BCUT2D eigenvalue weighted by Crippen LogP contribution is 2.10. The summed E-state index contributed by atoms with van der Waals surface area (Å²) in [4.78, 5) is 134. The van der Waals surface area contributed by atoms with E-state index in [0.29, 0.717) is 11.1 Å². The second-order valence-corrected chi connectivity index (χ2v) is 16.9. The molecule has 2 aromatic carbocycles. The molecule has 0 aromatic heterocycles. The van der Waals surface area contributed by atoms with Gasteiger partial charge in [-0.3, -0.25) is 28.8 Å². The molecule has 8 amide bonds. The molecule has 8 N–H and O–H groups in total. The summed E-state index contributed by atoms with van der Waals surface area (Å²) in [6.07, 6.45) is -2.18. The summed E-state index contributed by atoms with van der Waals surface area (Å²) in [5, 5.41) is 19.3. The monoisotopic (exact) mass is 988 g/mol. The highest BCUT2D eigenvalue weighted by molar-refractivity contribution is 7.80. The SMILES string of the molecule is CC(C)C1NC(=O)[C@H](CS)NC(=O)[C@H](C)NC(=O)[C@H](NC(=O)OCc2ccccc2)COC(=O)C(C(C)C)NC(=O)[C@H](CS)NC(=O)[C@H](C)NC(=O)[C@H](NC(=O)OCc2ccccc2)COC1=O. The Balaban J connectivity index is 1.94. The summed E-state index contributed by atoms with van der Waals surface area (Å²) < 4.78 is 21.4. The minimum absolute atomic E-state index is 0.193. The summed E-state index contributed by atoms with van der Waals surface area (Å²) in [5.41, 5.74) is 1.24. The number of thiol groups is 2. The van der Waals surface area contributed by atoms with Crippen molar-refractivity contribution < 1.29 is 66.9 Å². The number of amides is 8. The van der Waals surface area contributed by atoms with Crippen LogP contribution in [0.25, 0.3) is 0 Å². The predicted octanol–water partition coefficient (Wildman–Crippen LogP) is -0.203. The van der Waals surface area contributed by atoms with Gasteiger partial charge in [-0.1, -0.05) is 88.4 Å². The van der Waals surface area contributed by atoms with Crippen LogP contribution in [0.1, 0.15) is 52.7 Å². The van der Waals surface area contributed by atoms with Crippen molar-refractivity contribution >= 4 is 84.8 Å². The normalized spacial score (nSPS) is 24.4. The van der Waals surface area contributed by atoms with Crippen LogP contribution in [0.5, 0.6) is 0 Å². The Morgan fingerprint density at radius 3 is 1.19 bits per heavy atom. The van der Waals surface area contributed by atoms with Crippen LogP contribution < -0.4 is 42.5 Å². The van der Waals surface area contributed by atoms with E-state index in [9.17, 15) is 47.9 Å². The summed E-state index contributed by atoms with van der Waals surface area (Å²) >= 11 is 8.37. The molecule has 2 aromatic rings. The third-order valence-electron chi connectivity index (χ3n) is 10.00. The van der Waals surface area contributed by atoms with E-state index in [1.54, 1.807) is 88.4 Å². The van der Waals surface area contributed by atoms with Crippen molar-refractivity contribution in [3.05, 3.63) is 71.8 Å². The average Bonchev–Trinajstić information content (AvgIpc) is 3.31. The fraction of sp³-hybridized carbons (Fsp3) is 0.500. The minimum atomic E-state index is -1.67. The Morgan fingerprint density at radius 2 is 0.882 bits per heavy atom. The van der Waals surface area contributed by atoms with E-state index in [4.69, 9.17) is 18.9 Å². The van der Waals surface area contributed by atoms with Crippen molar-refractivity contribution in [2.75, 3.05) is 24.7 Å². The topological polar surface area (TPSA) is 304 Å². The van der Waals surface area contributed by atoms with Crippen molar-refractivity contribution in [3.63, 3.8) is 0 Å². The Kier molecular flexibility index (Phi) is 22.9. The highest BCUT2D eigenvalue weighted by Gasteiger charge is 2.36. The van der Waals surface area contributed by atoms with Gasteiger partial charge in [0.2, 0.25) is 35.4 Å². The van der Waals surface area contributed by atoms with Crippen molar-refractivity contribution in [2.24, 2.45) is 11.8 Å². The number of rotatable bonds is 10. The van der Waals surface area contributed by atoms with Crippen LogP contribution in [0.3, 0.4) is 0 Å². The number of esters is 2. The highest BCUT2D eigenvalue weighted by atomic mass is 32.1. The number of ether oxygens (including phenoxy) is 4. The lowest BCUT2D eigenvalue weighted by molar-refractivity contribution is -0.152. The van der Waals surface area contributed by atoms with E-state index in [0.717, 1.165) is 0 Å². The molecule has 0 aliphatic carbocycles. The molecule has 8 atom stereocenters. The molecule has 0 spiro atoms. The quantitative estimate of drug-likeness (QED) is 0.0838. The molecule has 0 saturated carbocycles. The zero-order chi connectivity index (χ0) is 50.5. The zero-order valence-corrected chi connectivity index (χ0v) is 40.2. The van der Waals surface area contributed by atoms with Gasteiger partial charge in [-0.05, 0) is 36.8 Å². The molecule has 1 aliphatic rings.